The van der Waals surface area contributed by atoms with Gasteiger partial charge in [0.2, 0.25) is 0 Å². The fraction of sp³-hybridized carbons (Fsp3) is 0.500. The first kappa shape index (κ1) is 15.3. The van der Waals surface area contributed by atoms with Crippen LogP contribution in [0.15, 0.2) is 16.7 Å². The molecular weight excluding hydrogens is 342 g/mol. The molecule has 1 aliphatic heterocycles. The van der Waals surface area contributed by atoms with Gasteiger partial charge in [0, 0.05) is 30.9 Å². The molecule has 0 bridgehead atoms. The van der Waals surface area contributed by atoms with Crippen LogP contribution in [0.2, 0.25) is 0 Å². The van der Waals surface area contributed by atoms with Crippen LogP contribution >= 0.6 is 15.9 Å². The highest BCUT2D eigenvalue weighted by molar-refractivity contribution is 9.10. The van der Waals surface area contributed by atoms with Crippen molar-refractivity contribution in [2.75, 3.05) is 18.0 Å². The molecule has 5 nitrogen and oxygen atoms in total. The number of halogens is 1. The first-order valence-electron chi connectivity index (χ1n) is 7.60. The molecule has 0 N–H and O–H groups in total. The highest BCUT2D eigenvalue weighted by Gasteiger charge is 2.25. The second kappa shape index (κ2) is 6.28. The summed E-state index contributed by atoms with van der Waals surface area (Å²) in [7, 11) is 0. The van der Waals surface area contributed by atoms with Crippen molar-refractivity contribution >= 4 is 21.7 Å². The third-order valence-corrected chi connectivity index (χ3v) is 4.98. The Kier molecular flexibility index (Phi) is 4.38. The monoisotopic (exact) mass is 361 g/mol. The molecule has 3 rings (SSSR count). The van der Waals surface area contributed by atoms with E-state index in [0.717, 1.165) is 59.3 Å². The number of aromatic nitrogens is 4. The number of hydrogen-bond donors (Lipinski definition) is 0. The summed E-state index contributed by atoms with van der Waals surface area (Å²) in [5.41, 5.74) is 2.12. The van der Waals surface area contributed by atoms with Crippen molar-refractivity contribution in [3.8, 4) is 0 Å². The van der Waals surface area contributed by atoms with Crippen LogP contribution in [0.3, 0.4) is 0 Å². The molecule has 1 atom stereocenters. The van der Waals surface area contributed by atoms with Gasteiger partial charge in [0.05, 0.1) is 10.2 Å². The zero-order chi connectivity index (χ0) is 15.7. The Morgan fingerprint density at radius 2 is 1.95 bits per heavy atom. The summed E-state index contributed by atoms with van der Waals surface area (Å²) in [5, 5.41) is 0. The summed E-state index contributed by atoms with van der Waals surface area (Å²) in [5.74, 6) is 3.08. The lowest BCUT2D eigenvalue weighted by molar-refractivity contribution is 0.496. The number of anilines is 1. The summed E-state index contributed by atoms with van der Waals surface area (Å²) >= 11 is 3.65. The minimum atomic E-state index is 0.429. The Bertz CT molecular complexity index is 688. The topological polar surface area (TPSA) is 54.8 Å². The van der Waals surface area contributed by atoms with Gasteiger partial charge in [-0.2, -0.15) is 0 Å². The number of hydrogen-bond acceptors (Lipinski definition) is 5. The highest BCUT2D eigenvalue weighted by atomic mass is 79.9. The first-order valence-corrected chi connectivity index (χ1v) is 8.39. The van der Waals surface area contributed by atoms with Crippen LogP contribution in [-0.2, 0) is 0 Å². The van der Waals surface area contributed by atoms with Crippen molar-refractivity contribution in [2.24, 2.45) is 0 Å². The smallest absolute Gasteiger partial charge is 0.146 e. The Morgan fingerprint density at radius 1 is 1.14 bits per heavy atom. The van der Waals surface area contributed by atoms with Crippen molar-refractivity contribution in [3.63, 3.8) is 0 Å². The highest BCUT2D eigenvalue weighted by Crippen LogP contribution is 2.32. The summed E-state index contributed by atoms with van der Waals surface area (Å²) in [6.07, 6.45) is 4.15. The molecule has 22 heavy (non-hydrogen) atoms. The summed E-state index contributed by atoms with van der Waals surface area (Å²) in [6.45, 7) is 7.85. The molecule has 1 fully saturated rings. The predicted octanol–water partition coefficient (Wildman–Crippen LogP) is 3.34. The summed E-state index contributed by atoms with van der Waals surface area (Å²) in [6, 6.07) is 2.03. The zero-order valence-electron chi connectivity index (χ0n) is 13.2. The lowest BCUT2D eigenvalue weighted by Crippen LogP contribution is -2.35. The molecule has 0 radical (unpaired) electrons. The van der Waals surface area contributed by atoms with Gasteiger partial charge in [-0.3, -0.25) is 0 Å². The van der Waals surface area contributed by atoms with Crippen LogP contribution in [-0.4, -0.2) is 33.0 Å². The number of piperidine rings is 1. The van der Waals surface area contributed by atoms with Crippen molar-refractivity contribution < 1.29 is 0 Å². The maximum Gasteiger partial charge on any atom is 0.146 e. The molecular formula is C16H20BrN5. The van der Waals surface area contributed by atoms with Crippen LogP contribution in [0, 0.1) is 20.8 Å². The van der Waals surface area contributed by atoms with Gasteiger partial charge in [0.25, 0.3) is 0 Å². The van der Waals surface area contributed by atoms with E-state index in [2.05, 4.69) is 40.8 Å². The molecule has 0 aromatic carbocycles. The fourth-order valence-electron chi connectivity index (χ4n) is 3.00. The van der Waals surface area contributed by atoms with Gasteiger partial charge in [-0.05, 0) is 55.6 Å². The minimum Gasteiger partial charge on any atom is -0.355 e. The number of rotatable bonds is 2. The molecule has 0 amide bonds. The van der Waals surface area contributed by atoms with Crippen LogP contribution in [0.4, 0.5) is 5.82 Å². The molecule has 1 saturated heterocycles. The SMILES string of the molecule is Cc1nccc(C2CCCN(c3nc(C)nc(C)c3Br)C2)n1. The molecule has 1 unspecified atom stereocenters. The average Bonchev–Trinajstić information content (AvgIpc) is 2.51. The number of nitrogens with zero attached hydrogens (tertiary/aromatic N) is 5. The zero-order valence-corrected chi connectivity index (χ0v) is 14.8. The van der Waals surface area contributed by atoms with Gasteiger partial charge in [-0.15, -0.1) is 0 Å². The average molecular weight is 362 g/mol. The second-order valence-electron chi connectivity index (χ2n) is 5.81. The largest absolute Gasteiger partial charge is 0.355 e. The lowest BCUT2D eigenvalue weighted by atomic mass is 9.94. The van der Waals surface area contributed by atoms with Crippen molar-refractivity contribution in [1.29, 1.82) is 0 Å². The maximum absolute atomic E-state index is 4.64. The van der Waals surface area contributed by atoms with Crippen LogP contribution in [0.25, 0.3) is 0 Å². The van der Waals surface area contributed by atoms with Crippen LogP contribution in [0.5, 0.6) is 0 Å². The Morgan fingerprint density at radius 3 is 2.73 bits per heavy atom. The molecule has 0 saturated carbocycles. The Hall–Kier alpha value is -1.56. The molecule has 1 aliphatic rings. The molecule has 116 valence electrons. The summed E-state index contributed by atoms with van der Waals surface area (Å²) in [4.78, 5) is 20.2. The van der Waals surface area contributed by atoms with E-state index in [1.807, 2.05) is 33.0 Å². The standard InChI is InChI=1S/C16H20BrN5/c1-10-15(17)16(21-12(3)19-10)22-8-4-5-13(9-22)14-6-7-18-11(2)20-14/h6-7,13H,4-5,8-9H2,1-3H3. The van der Waals surface area contributed by atoms with E-state index in [-0.39, 0.29) is 0 Å². The molecule has 2 aromatic rings. The van der Waals surface area contributed by atoms with E-state index in [4.69, 9.17) is 0 Å². The third-order valence-electron chi connectivity index (χ3n) is 4.05. The van der Waals surface area contributed by atoms with E-state index in [9.17, 15) is 0 Å². The molecule has 0 aliphatic carbocycles. The van der Waals surface area contributed by atoms with Crippen molar-refractivity contribution in [2.45, 2.75) is 39.5 Å². The third kappa shape index (κ3) is 3.11. The maximum atomic E-state index is 4.64. The molecule has 2 aromatic heterocycles. The van der Waals surface area contributed by atoms with Gasteiger partial charge in [0.15, 0.2) is 0 Å². The predicted molar refractivity (Wildman–Crippen MR) is 90.2 cm³/mol. The molecule has 3 heterocycles. The van der Waals surface area contributed by atoms with Gasteiger partial charge in [-0.25, -0.2) is 19.9 Å². The van der Waals surface area contributed by atoms with Crippen molar-refractivity contribution in [1.82, 2.24) is 19.9 Å². The van der Waals surface area contributed by atoms with E-state index in [0.29, 0.717) is 5.92 Å². The Balaban J connectivity index is 1.87. The van der Waals surface area contributed by atoms with Crippen LogP contribution < -0.4 is 4.90 Å². The van der Waals surface area contributed by atoms with Gasteiger partial charge >= 0.3 is 0 Å². The van der Waals surface area contributed by atoms with Gasteiger partial charge < -0.3 is 4.90 Å². The lowest BCUT2D eigenvalue weighted by Gasteiger charge is -2.34. The van der Waals surface area contributed by atoms with Crippen molar-refractivity contribution in [3.05, 3.63) is 39.8 Å². The Labute approximate surface area is 139 Å². The normalized spacial score (nSPS) is 18.5. The fourth-order valence-corrected chi connectivity index (χ4v) is 3.43. The van der Waals surface area contributed by atoms with E-state index >= 15 is 0 Å². The number of aryl methyl sites for hydroxylation is 3. The van der Waals surface area contributed by atoms with Gasteiger partial charge in [-0.1, -0.05) is 0 Å². The second-order valence-corrected chi connectivity index (χ2v) is 6.60. The molecule has 6 heteroatoms. The van der Waals surface area contributed by atoms with E-state index in [1.165, 1.54) is 0 Å². The van der Waals surface area contributed by atoms with E-state index < -0.39 is 0 Å². The first-order chi connectivity index (χ1) is 10.5. The van der Waals surface area contributed by atoms with Crippen LogP contribution in [0.1, 0.15) is 41.8 Å². The summed E-state index contributed by atoms with van der Waals surface area (Å²) < 4.78 is 0.998. The molecule has 0 spiro atoms. The van der Waals surface area contributed by atoms with Gasteiger partial charge in [0.1, 0.15) is 17.5 Å². The minimum absolute atomic E-state index is 0.429. The quantitative estimate of drug-likeness (QED) is 0.820. The van der Waals surface area contributed by atoms with E-state index in [1.54, 1.807) is 0 Å².